The molecule has 2 atom stereocenters. The molecule has 0 radical (unpaired) electrons. The SMILES string of the molecule is COc1ccc(C[C@H]2[C@H](C)C(=O)C=CN2C(=O)Oc2ccccc2)cc1. The van der Waals surface area contributed by atoms with Gasteiger partial charge in [-0.15, -0.1) is 0 Å². The van der Waals surface area contributed by atoms with Crippen molar-refractivity contribution in [3.63, 3.8) is 0 Å². The van der Waals surface area contributed by atoms with Crippen LogP contribution in [0, 0.1) is 5.92 Å². The third-order valence-electron chi connectivity index (χ3n) is 4.55. The smallest absolute Gasteiger partial charge is 0.419 e. The molecular weight excluding hydrogens is 330 g/mol. The van der Waals surface area contributed by atoms with Crippen LogP contribution < -0.4 is 9.47 Å². The highest BCUT2D eigenvalue weighted by Gasteiger charge is 2.34. The molecule has 0 bridgehead atoms. The van der Waals surface area contributed by atoms with Crippen LogP contribution in [0.1, 0.15) is 12.5 Å². The average molecular weight is 351 g/mol. The summed E-state index contributed by atoms with van der Waals surface area (Å²) in [5.74, 6) is 0.929. The molecule has 0 aliphatic carbocycles. The summed E-state index contributed by atoms with van der Waals surface area (Å²) in [7, 11) is 1.61. The minimum absolute atomic E-state index is 0.00673. The summed E-state index contributed by atoms with van der Waals surface area (Å²) in [5.41, 5.74) is 1.02. The van der Waals surface area contributed by atoms with Gasteiger partial charge in [0.2, 0.25) is 0 Å². The number of benzene rings is 2. The predicted molar refractivity (Wildman–Crippen MR) is 98.1 cm³/mol. The Hall–Kier alpha value is -3.08. The summed E-state index contributed by atoms with van der Waals surface area (Å²) >= 11 is 0. The maximum Gasteiger partial charge on any atom is 0.419 e. The van der Waals surface area contributed by atoms with Crippen molar-refractivity contribution in [1.29, 1.82) is 0 Å². The van der Waals surface area contributed by atoms with E-state index in [1.54, 1.807) is 31.4 Å². The second-order valence-electron chi connectivity index (χ2n) is 6.21. The van der Waals surface area contributed by atoms with Gasteiger partial charge in [0, 0.05) is 12.1 Å². The van der Waals surface area contributed by atoms with Crippen molar-refractivity contribution in [2.45, 2.75) is 19.4 Å². The average Bonchev–Trinajstić information content (AvgIpc) is 2.67. The summed E-state index contributed by atoms with van der Waals surface area (Å²) in [5, 5.41) is 0. The van der Waals surface area contributed by atoms with Crippen LogP contribution in [-0.4, -0.2) is 29.9 Å². The molecule has 26 heavy (non-hydrogen) atoms. The van der Waals surface area contributed by atoms with Gasteiger partial charge in [-0.3, -0.25) is 9.69 Å². The number of amides is 1. The second kappa shape index (κ2) is 7.87. The number of nitrogens with zero attached hydrogens (tertiary/aromatic N) is 1. The fourth-order valence-electron chi connectivity index (χ4n) is 2.96. The van der Waals surface area contributed by atoms with E-state index in [0.717, 1.165) is 11.3 Å². The Kier molecular flexibility index (Phi) is 5.37. The van der Waals surface area contributed by atoms with Gasteiger partial charge >= 0.3 is 6.09 Å². The molecule has 134 valence electrons. The van der Waals surface area contributed by atoms with Crippen LogP contribution in [0.4, 0.5) is 4.79 Å². The van der Waals surface area contributed by atoms with Crippen LogP contribution in [-0.2, 0) is 11.2 Å². The van der Waals surface area contributed by atoms with Gasteiger partial charge in [0.15, 0.2) is 5.78 Å². The van der Waals surface area contributed by atoms with Gasteiger partial charge in [-0.1, -0.05) is 37.3 Å². The summed E-state index contributed by atoms with van der Waals surface area (Å²) in [4.78, 5) is 26.3. The summed E-state index contributed by atoms with van der Waals surface area (Å²) in [6.07, 6.45) is 3.00. The predicted octanol–water partition coefficient (Wildman–Crippen LogP) is 3.84. The summed E-state index contributed by atoms with van der Waals surface area (Å²) < 4.78 is 10.6. The second-order valence-corrected chi connectivity index (χ2v) is 6.21. The third kappa shape index (κ3) is 3.94. The van der Waals surface area contributed by atoms with Gasteiger partial charge in [-0.2, -0.15) is 0 Å². The molecule has 1 aliphatic rings. The highest BCUT2D eigenvalue weighted by molar-refractivity contribution is 5.94. The van der Waals surface area contributed by atoms with Gasteiger partial charge in [0.05, 0.1) is 13.2 Å². The van der Waals surface area contributed by atoms with Crippen molar-refractivity contribution in [2.24, 2.45) is 5.92 Å². The first-order valence-electron chi connectivity index (χ1n) is 8.48. The quantitative estimate of drug-likeness (QED) is 0.840. The number of methoxy groups -OCH3 is 1. The topological polar surface area (TPSA) is 55.8 Å². The molecule has 5 nitrogen and oxygen atoms in total. The maximum absolute atomic E-state index is 12.6. The van der Waals surface area contributed by atoms with E-state index < -0.39 is 6.09 Å². The standard InChI is InChI=1S/C21H21NO4/c1-15-19(14-16-8-10-17(25-2)11-9-16)22(13-12-20(15)23)21(24)26-18-6-4-3-5-7-18/h3-13,15,19H,14H2,1-2H3/t15-,19-/m0/s1. The molecule has 0 N–H and O–H groups in total. The first-order chi connectivity index (χ1) is 12.6. The minimum Gasteiger partial charge on any atom is -0.497 e. The minimum atomic E-state index is -0.495. The largest absolute Gasteiger partial charge is 0.497 e. The molecule has 0 aromatic heterocycles. The number of allylic oxidation sites excluding steroid dienone is 1. The van der Waals surface area contributed by atoms with Crippen molar-refractivity contribution < 1.29 is 19.1 Å². The lowest BCUT2D eigenvalue weighted by molar-refractivity contribution is -0.120. The molecule has 1 heterocycles. The molecule has 1 aliphatic heterocycles. The van der Waals surface area contributed by atoms with Crippen LogP contribution in [0.2, 0.25) is 0 Å². The molecule has 0 spiro atoms. The van der Waals surface area contributed by atoms with Crippen LogP contribution in [0.3, 0.4) is 0 Å². The Morgan fingerprint density at radius 2 is 1.73 bits per heavy atom. The lowest BCUT2D eigenvalue weighted by Crippen LogP contribution is -2.47. The molecule has 0 saturated carbocycles. The lowest BCUT2D eigenvalue weighted by atomic mass is 9.88. The monoisotopic (exact) mass is 351 g/mol. The Morgan fingerprint density at radius 3 is 2.38 bits per heavy atom. The number of hydrogen-bond donors (Lipinski definition) is 0. The molecular formula is C21H21NO4. The highest BCUT2D eigenvalue weighted by atomic mass is 16.6. The first kappa shape index (κ1) is 17.7. The maximum atomic E-state index is 12.6. The van der Waals surface area contributed by atoms with Crippen molar-refractivity contribution in [3.8, 4) is 11.5 Å². The Bertz CT molecular complexity index is 799. The van der Waals surface area contributed by atoms with E-state index in [9.17, 15) is 9.59 Å². The molecule has 0 saturated heterocycles. The molecule has 2 aromatic rings. The highest BCUT2D eigenvalue weighted by Crippen LogP contribution is 2.25. The third-order valence-corrected chi connectivity index (χ3v) is 4.55. The van der Waals surface area contributed by atoms with Gasteiger partial charge in [0.1, 0.15) is 11.5 Å². The molecule has 1 amide bonds. The van der Waals surface area contributed by atoms with Crippen molar-refractivity contribution in [3.05, 3.63) is 72.4 Å². The molecule has 0 fully saturated rings. The van der Waals surface area contributed by atoms with E-state index in [-0.39, 0.29) is 17.7 Å². The van der Waals surface area contributed by atoms with Gasteiger partial charge in [0.25, 0.3) is 0 Å². The summed E-state index contributed by atoms with van der Waals surface area (Å²) in [6.45, 7) is 1.84. The molecule has 3 rings (SSSR count). The number of ketones is 1. The van der Waals surface area contributed by atoms with Crippen LogP contribution >= 0.6 is 0 Å². The normalized spacial score (nSPS) is 19.3. The van der Waals surface area contributed by atoms with Crippen LogP contribution in [0.15, 0.2) is 66.9 Å². The van der Waals surface area contributed by atoms with E-state index in [4.69, 9.17) is 9.47 Å². The number of rotatable bonds is 4. The molecule has 2 aromatic carbocycles. The molecule has 0 unspecified atom stereocenters. The zero-order valence-corrected chi connectivity index (χ0v) is 14.8. The summed E-state index contributed by atoms with van der Waals surface area (Å²) in [6, 6.07) is 16.2. The Balaban J connectivity index is 1.80. The first-order valence-corrected chi connectivity index (χ1v) is 8.48. The Labute approximate surface area is 152 Å². The van der Waals surface area contributed by atoms with Crippen molar-refractivity contribution in [2.75, 3.05) is 7.11 Å². The van der Waals surface area contributed by atoms with Crippen molar-refractivity contribution >= 4 is 11.9 Å². The number of carbonyl (C=O) groups excluding carboxylic acids is 2. The van der Waals surface area contributed by atoms with E-state index >= 15 is 0 Å². The zero-order chi connectivity index (χ0) is 18.5. The van der Waals surface area contributed by atoms with Gasteiger partial charge < -0.3 is 9.47 Å². The van der Waals surface area contributed by atoms with Crippen LogP contribution in [0.5, 0.6) is 11.5 Å². The van der Waals surface area contributed by atoms with Gasteiger partial charge in [-0.25, -0.2) is 4.79 Å². The number of para-hydroxylation sites is 1. The fourth-order valence-corrected chi connectivity index (χ4v) is 2.96. The number of carbonyl (C=O) groups is 2. The Morgan fingerprint density at radius 1 is 1.04 bits per heavy atom. The molecule has 5 heteroatoms. The zero-order valence-electron chi connectivity index (χ0n) is 14.8. The van der Waals surface area contributed by atoms with Crippen molar-refractivity contribution in [1.82, 2.24) is 4.90 Å². The lowest BCUT2D eigenvalue weighted by Gasteiger charge is -2.34. The van der Waals surface area contributed by atoms with E-state index in [2.05, 4.69) is 0 Å². The number of ether oxygens (including phenoxy) is 2. The van der Waals surface area contributed by atoms with E-state index in [1.165, 1.54) is 17.2 Å². The van der Waals surface area contributed by atoms with Gasteiger partial charge in [-0.05, 0) is 42.3 Å². The number of hydrogen-bond acceptors (Lipinski definition) is 4. The van der Waals surface area contributed by atoms with E-state index in [0.29, 0.717) is 12.2 Å². The fraction of sp³-hybridized carbons (Fsp3) is 0.238. The van der Waals surface area contributed by atoms with E-state index in [1.807, 2.05) is 37.3 Å². The van der Waals surface area contributed by atoms with Crippen LogP contribution in [0.25, 0.3) is 0 Å².